The van der Waals surface area contributed by atoms with E-state index in [2.05, 4.69) is 28.9 Å². The first-order valence-electron chi connectivity index (χ1n) is 8.74. The van der Waals surface area contributed by atoms with Gasteiger partial charge in [0.15, 0.2) is 0 Å². The minimum absolute atomic E-state index is 0.210. The first kappa shape index (κ1) is 16.1. The molecule has 1 aromatic carbocycles. The molecule has 0 spiro atoms. The van der Waals surface area contributed by atoms with Crippen LogP contribution < -0.4 is 0 Å². The Hall–Kier alpha value is -1.74. The number of piperidine rings is 1. The standard InChI is InChI=1S/C20H25FN2/c1-2-6-20(23-13-4-3-5-14-23)17-9-12-19(22-15-17)16-7-10-18(21)11-8-16/h7-12,15,20H,2-6,13-14H2,1H3. The van der Waals surface area contributed by atoms with Crippen LogP contribution in [0, 0.1) is 5.82 Å². The maximum absolute atomic E-state index is 13.0. The number of aromatic nitrogens is 1. The van der Waals surface area contributed by atoms with Gasteiger partial charge in [0.05, 0.1) is 5.69 Å². The van der Waals surface area contributed by atoms with E-state index in [1.807, 2.05) is 6.20 Å². The zero-order valence-electron chi connectivity index (χ0n) is 13.8. The molecule has 2 heterocycles. The van der Waals surface area contributed by atoms with Gasteiger partial charge in [-0.15, -0.1) is 0 Å². The van der Waals surface area contributed by atoms with Crippen LogP contribution in [-0.2, 0) is 0 Å². The van der Waals surface area contributed by atoms with Crippen molar-refractivity contribution in [3.63, 3.8) is 0 Å². The fraction of sp³-hybridized carbons (Fsp3) is 0.450. The fourth-order valence-corrected chi connectivity index (χ4v) is 3.46. The molecule has 1 saturated heterocycles. The normalized spacial score (nSPS) is 17.1. The second kappa shape index (κ2) is 7.69. The number of rotatable bonds is 5. The summed E-state index contributed by atoms with van der Waals surface area (Å²) in [4.78, 5) is 7.24. The molecule has 0 N–H and O–H groups in total. The van der Waals surface area contributed by atoms with Crippen LogP contribution in [0.3, 0.4) is 0 Å². The molecule has 2 aromatic rings. The molecular formula is C20H25FN2. The molecule has 0 aliphatic carbocycles. The molecule has 1 fully saturated rings. The molecule has 1 atom stereocenters. The molecule has 1 aliphatic rings. The van der Waals surface area contributed by atoms with Crippen molar-refractivity contribution in [3.05, 3.63) is 54.0 Å². The van der Waals surface area contributed by atoms with Gasteiger partial charge in [0, 0.05) is 17.8 Å². The van der Waals surface area contributed by atoms with Crippen LogP contribution in [0.2, 0.25) is 0 Å². The van der Waals surface area contributed by atoms with Gasteiger partial charge >= 0.3 is 0 Å². The first-order chi connectivity index (χ1) is 11.3. The monoisotopic (exact) mass is 312 g/mol. The lowest BCUT2D eigenvalue weighted by Gasteiger charge is -2.34. The van der Waals surface area contributed by atoms with E-state index in [9.17, 15) is 4.39 Å². The second-order valence-electron chi connectivity index (χ2n) is 6.38. The molecule has 0 saturated carbocycles. The summed E-state index contributed by atoms with van der Waals surface area (Å²) in [6.07, 6.45) is 8.34. The van der Waals surface area contributed by atoms with E-state index in [0.29, 0.717) is 6.04 Å². The summed E-state index contributed by atoms with van der Waals surface area (Å²) in [6, 6.07) is 11.3. The zero-order valence-corrected chi connectivity index (χ0v) is 13.8. The van der Waals surface area contributed by atoms with Gasteiger partial charge in [-0.1, -0.05) is 25.8 Å². The van der Waals surface area contributed by atoms with Gasteiger partial charge in [-0.05, 0) is 68.2 Å². The van der Waals surface area contributed by atoms with Crippen LogP contribution in [0.4, 0.5) is 4.39 Å². The Bertz CT molecular complexity index is 601. The van der Waals surface area contributed by atoms with Crippen LogP contribution in [0.25, 0.3) is 11.3 Å². The lowest BCUT2D eigenvalue weighted by molar-refractivity contribution is 0.154. The van der Waals surface area contributed by atoms with Crippen molar-refractivity contribution in [2.45, 2.75) is 45.1 Å². The van der Waals surface area contributed by atoms with Gasteiger partial charge < -0.3 is 0 Å². The van der Waals surface area contributed by atoms with Crippen molar-refractivity contribution >= 4 is 0 Å². The van der Waals surface area contributed by atoms with E-state index < -0.39 is 0 Å². The summed E-state index contributed by atoms with van der Waals surface area (Å²) >= 11 is 0. The lowest BCUT2D eigenvalue weighted by Crippen LogP contribution is -2.33. The quantitative estimate of drug-likeness (QED) is 0.753. The topological polar surface area (TPSA) is 16.1 Å². The van der Waals surface area contributed by atoms with E-state index >= 15 is 0 Å². The first-order valence-corrected chi connectivity index (χ1v) is 8.74. The predicted octanol–water partition coefficient (Wildman–Crippen LogP) is 5.21. The number of pyridine rings is 1. The Labute approximate surface area is 138 Å². The molecule has 3 rings (SSSR count). The van der Waals surface area contributed by atoms with E-state index in [0.717, 1.165) is 11.3 Å². The number of hydrogen-bond acceptors (Lipinski definition) is 2. The smallest absolute Gasteiger partial charge is 0.123 e. The van der Waals surface area contributed by atoms with E-state index in [4.69, 9.17) is 0 Å². The highest BCUT2D eigenvalue weighted by Gasteiger charge is 2.21. The number of nitrogens with zero attached hydrogens (tertiary/aromatic N) is 2. The molecule has 1 aromatic heterocycles. The van der Waals surface area contributed by atoms with Gasteiger partial charge in [0.25, 0.3) is 0 Å². The second-order valence-corrected chi connectivity index (χ2v) is 6.38. The van der Waals surface area contributed by atoms with Crippen molar-refractivity contribution in [1.82, 2.24) is 9.88 Å². The summed E-state index contributed by atoms with van der Waals surface area (Å²) in [5.74, 6) is -0.210. The molecule has 2 nitrogen and oxygen atoms in total. The number of hydrogen-bond donors (Lipinski definition) is 0. The maximum atomic E-state index is 13.0. The third-order valence-corrected chi connectivity index (χ3v) is 4.70. The fourth-order valence-electron chi connectivity index (χ4n) is 3.46. The van der Waals surface area contributed by atoms with Crippen molar-refractivity contribution in [3.8, 4) is 11.3 Å². The maximum Gasteiger partial charge on any atom is 0.123 e. The van der Waals surface area contributed by atoms with Gasteiger partial charge in [0.1, 0.15) is 5.82 Å². The van der Waals surface area contributed by atoms with Crippen LogP contribution >= 0.6 is 0 Å². The number of benzene rings is 1. The highest BCUT2D eigenvalue weighted by molar-refractivity contribution is 5.58. The van der Waals surface area contributed by atoms with E-state index in [-0.39, 0.29) is 5.82 Å². The van der Waals surface area contributed by atoms with Gasteiger partial charge in [-0.3, -0.25) is 9.88 Å². The van der Waals surface area contributed by atoms with Crippen LogP contribution in [-0.4, -0.2) is 23.0 Å². The summed E-state index contributed by atoms with van der Waals surface area (Å²) < 4.78 is 13.0. The summed E-state index contributed by atoms with van der Waals surface area (Å²) in [6.45, 7) is 4.64. The summed E-state index contributed by atoms with van der Waals surface area (Å²) in [5.41, 5.74) is 3.17. The molecule has 0 amide bonds. The molecule has 3 heteroatoms. The zero-order chi connectivity index (χ0) is 16.1. The van der Waals surface area contributed by atoms with Gasteiger partial charge in [-0.2, -0.15) is 0 Å². The molecular weight excluding hydrogens is 287 g/mol. The summed E-state index contributed by atoms with van der Waals surface area (Å²) in [5, 5.41) is 0. The van der Waals surface area contributed by atoms with E-state index in [1.165, 1.54) is 62.9 Å². The minimum Gasteiger partial charge on any atom is -0.296 e. The molecule has 0 bridgehead atoms. The molecule has 1 unspecified atom stereocenters. The highest BCUT2D eigenvalue weighted by Crippen LogP contribution is 2.29. The predicted molar refractivity (Wildman–Crippen MR) is 92.7 cm³/mol. The minimum atomic E-state index is -0.210. The Morgan fingerprint density at radius 2 is 1.78 bits per heavy atom. The van der Waals surface area contributed by atoms with Crippen molar-refractivity contribution < 1.29 is 4.39 Å². The van der Waals surface area contributed by atoms with Gasteiger partial charge in [0.2, 0.25) is 0 Å². The largest absolute Gasteiger partial charge is 0.296 e. The average Bonchev–Trinajstić information content (AvgIpc) is 2.61. The highest BCUT2D eigenvalue weighted by atomic mass is 19.1. The molecule has 1 aliphatic heterocycles. The van der Waals surface area contributed by atoms with Crippen molar-refractivity contribution in [1.29, 1.82) is 0 Å². The third kappa shape index (κ3) is 3.97. The SMILES string of the molecule is CCCC(c1ccc(-c2ccc(F)cc2)nc1)N1CCCCC1. The Balaban J connectivity index is 1.79. The lowest BCUT2D eigenvalue weighted by atomic mass is 9.98. The van der Waals surface area contributed by atoms with Crippen LogP contribution in [0.1, 0.15) is 50.6 Å². The Morgan fingerprint density at radius 1 is 1.04 bits per heavy atom. The van der Waals surface area contributed by atoms with Crippen LogP contribution in [0.15, 0.2) is 42.6 Å². The average molecular weight is 312 g/mol. The third-order valence-electron chi connectivity index (χ3n) is 4.70. The molecule has 23 heavy (non-hydrogen) atoms. The Kier molecular flexibility index (Phi) is 5.39. The number of likely N-dealkylation sites (tertiary alicyclic amines) is 1. The Morgan fingerprint density at radius 3 is 2.39 bits per heavy atom. The van der Waals surface area contributed by atoms with Gasteiger partial charge in [-0.25, -0.2) is 4.39 Å². The summed E-state index contributed by atoms with van der Waals surface area (Å²) in [7, 11) is 0. The van der Waals surface area contributed by atoms with Crippen molar-refractivity contribution in [2.75, 3.05) is 13.1 Å². The molecule has 0 radical (unpaired) electrons. The van der Waals surface area contributed by atoms with Crippen LogP contribution in [0.5, 0.6) is 0 Å². The molecule has 122 valence electrons. The number of halogens is 1. The van der Waals surface area contributed by atoms with E-state index in [1.54, 1.807) is 12.1 Å². The van der Waals surface area contributed by atoms with Crippen molar-refractivity contribution in [2.24, 2.45) is 0 Å².